The fourth-order valence-corrected chi connectivity index (χ4v) is 4.44. The molecule has 7 nitrogen and oxygen atoms in total. The Bertz CT molecular complexity index is 868. The fourth-order valence-electron chi connectivity index (χ4n) is 3.24. The van der Waals surface area contributed by atoms with Crippen LogP contribution in [0.4, 0.5) is 10.6 Å². The van der Waals surface area contributed by atoms with Gasteiger partial charge in [-0.2, -0.15) is 4.98 Å². The van der Waals surface area contributed by atoms with Crippen molar-refractivity contribution in [3.8, 4) is 0 Å². The van der Waals surface area contributed by atoms with Gasteiger partial charge in [0.25, 0.3) is 0 Å². The lowest BCUT2D eigenvalue weighted by atomic mass is 10.1. The number of carbonyl (C=O) groups is 1. The Labute approximate surface area is 153 Å². The number of anilines is 1. The zero-order valence-electron chi connectivity index (χ0n) is 13.6. The molecule has 2 aliphatic heterocycles. The molecule has 0 unspecified atom stereocenters. The van der Waals surface area contributed by atoms with E-state index in [1.54, 1.807) is 11.3 Å². The molecular weight excluding hydrogens is 364 g/mol. The Balaban J connectivity index is 1.76. The molecule has 2 aromatic rings. The van der Waals surface area contributed by atoms with Crippen molar-refractivity contribution in [3.63, 3.8) is 0 Å². The van der Waals surface area contributed by atoms with Crippen LogP contribution in [0.2, 0.25) is 5.28 Å². The summed E-state index contributed by atoms with van der Waals surface area (Å²) in [4.78, 5) is 23.6. The van der Waals surface area contributed by atoms with Crippen molar-refractivity contribution in [2.45, 2.75) is 13.0 Å². The summed E-state index contributed by atoms with van der Waals surface area (Å²) in [5, 5.41) is 11.4. The van der Waals surface area contributed by atoms with Crippen LogP contribution in [0, 0.1) is 0 Å². The first-order valence-corrected chi connectivity index (χ1v) is 9.26. The van der Waals surface area contributed by atoms with E-state index in [1.165, 1.54) is 4.90 Å². The molecule has 1 N–H and O–H groups in total. The second-order valence-electron chi connectivity index (χ2n) is 6.15. The molecule has 2 aliphatic rings. The van der Waals surface area contributed by atoms with Crippen LogP contribution < -0.4 is 4.90 Å². The van der Waals surface area contributed by atoms with Gasteiger partial charge in [0.2, 0.25) is 5.28 Å². The van der Waals surface area contributed by atoms with Gasteiger partial charge in [-0.05, 0) is 24.1 Å². The third-order valence-electron chi connectivity index (χ3n) is 4.55. The third-order valence-corrected chi connectivity index (χ3v) is 5.68. The van der Waals surface area contributed by atoms with E-state index in [1.807, 2.05) is 11.5 Å². The molecule has 0 radical (unpaired) electrons. The minimum atomic E-state index is -0.915. The predicted molar refractivity (Wildman–Crippen MR) is 97.6 cm³/mol. The standard InChI is InChI=1S/C16H17ClN4O3S/c1-9-7-24-5-4-21(9)14-13-12(18-15(17)19-14)11(8-25-13)10-2-3-20(6-10)16(22)23/h2,8-9H,3-7H2,1H3,(H,22,23)/t9-/m1/s1. The van der Waals surface area contributed by atoms with Crippen molar-refractivity contribution in [2.75, 3.05) is 37.7 Å². The highest BCUT2D eigenvalue weighted by molar-refractivity contribution is 7.18. The van der Waals surface area contributed by atoms with Crippen LogP contribution in [0.1, 0.15) is 12.5 Å². The maximum atomic E-state index is 11.2. The SMILES string of the molecule is C[C@@H]1COCCN1c1nc(Cl)nc2c(C3=CCN(C(=O)O)C3)csc12. The zero-order chi connectivity index (χ0) is 17.6. The molecule has 0 saturated carbocycles. The minimum absolute atomic E-state index is 0.203. The van der Waals surface area contributed by atoms with E-state index in [-0.39, 0.29) is 11.3 Å². The van der Waals surface area contributed by atoms with Crippen LogP contribution in [-0.2, 0) is 4.74 Å². The Kier molecular flexibility index (Phi) is 4.26. The summed E-state index contributed by atoms with van der Waals surface area (Å²) in [7, 11) is 0. The van der Waals surface area contributed by atoms with E-state index in [9.17, 15) is 4.79 Å². The largest absolute Gasteiger partial charge is 0.465 e. The van der Waals surface area contributed by atoms with Crippen molar-refractivity contribution >= 4 is 50.6 Å². The molecule has 1 fully saturated rings. The first-order chi connectivity index (χ1) is 12.0. The maximum absolute atomic E-state index is 11.2. The first kappa shape index (κ1) is 16.6. The lowest BCUT2D eigenvalue weighted by Crippen LogP contribution is -2.44. The molecule has 1 atom stereocenters. The maximum Gasteiger partial charge on any atom is 0.407 e. The van der Waals surface area contributed by atoms with E-state index in [0.717, 1.165) is 33.7 Å². The van der Waals surface area contributed by atoms with Crippen LogP contribution in [0.15, 0.2) is 11.5 Å². The van der Waals surface area contributed by atoms with Crippen LogP contribution in [0.3, 0.4) is 0 Å². The monoisotopic (exact) mass is 380 g/mol. The average Bonchev–Trinajstić information content (AvgIpc) is 3.21. The van der Waals surface area contributed by atoms with Gasteiger partial charge in [-0.3, -0.25) is 0 Å². The molecule has 2 aromatic heterocycles. The Morgan fingerprint density at radius 3 is 3.04 bits per heavy atom. The molecule has 1 amide bonds. The molecule has 0 aliphatic carbocycles. The summed E-state index contributed by atoms with van der Waals surface area (Å²) in [5.74, 6) is 0.829. The molecule has 1 saturated heterocycles. The Morgan fingerprint density at radius 1 is 1.48 bits per heavy atom. The van der Waals surface area contributed by atoms with Crippen molar-refractivity contribution in [3.05, 3.63) is 22.3 Å². The van der Waals surface area contributed by atoms with Crippen molar-refractivity contribution in [1.82, 2.24) is 14.9 Å². The van der Waals surface area contributed by atoms with Crippen molar-refractivity contribution in [1.29, 1.82) is 0 Å². The van der Waals surface area contributed by atoms with E-state index >= 15 is 0 Å². The number of morpholine rings is 1. The van der Waals surface area contributed by atoms with Crippen molar-refractivity contribution < 1.29 is 14.6 Å². The number of rotatable bonds is 2. The molecule has 4 heterocycles. The number of nitrogens with zero attached hydrogens (tertiary/aromatic N) is 4. The predicted octanol–water partition coefficient (Wildman–Crippen LogP) is 2.95. The molecule has 132 valence electrons. The number of carboxylic acid groups (broad SMARTS) is 1. The Morgan fingerprint density at radius 2 is 2.32 bits per heavy atom. The van der Waals surface area contributed by atoms with E-state index < -0.39 is 6.09 Å². The van der Waals surface area contributed by atoms with Gasteiger partial charge in [0.1, 0.15) is 0 Å². The topological polar surface area (TPSA) is 78.8 Å². The van der Waals surface area contributed by atoms with Crippen LogP contribution in [0.5, 0.6) is 0 Å². The van der Waals surface area contributed by atoms with Crippen LogP contribution >= 0.6 is 22.9 Å². The van der Waals surface area contributed by atoms with Gasteiger partial charge < -0.3 is 19.6 Å². The summed E-state index contributed by atoms with van der Waals surface area (Å²) in [5.41, 5.74) is 2.69. The smallest absolute Gasteiger partial charge is 0.407 e. The van der Waals surface area contributed by atoms with E-state index in [2.05, 4.69) is 21.8 Å². The minimum Gasteiger partial charge on any atom is -0.465 e. The molecular formula is C16H17ClN4O3S. The van der Waals surface area contributed by atoms with Crippen LogP contribution in [0.25, 0.3) is 15.8 Å². The summed E-state index contributed by atoms with van der Waals surface area (Å²) in [6.45, 7) is 4.93. The summed E-state index contributed by atoms with van der Waals surface area (Å²) in [6.07, 6.45) is 1.02. The number of ether oxygens (including phenoxy) is 1. The second-order valence-corrected chi connectivity index (χ2v) is 7.37. The number of hydrogen-bond acceptors (Lipinski definition) is 6. The Hall–Kier alpha value is -1.90. The number of hydrogen-bond donors (Lipinski definition) is 1. The van der Waals surface area contributed by atoms with Gasteiger partial charge in [0.05, 0.1) is 29.5 Å². The van der Waals surface area contributed by atoms with Gasteiger partial charge in [-0.25, -0.2) is 9.78 Å². The fraction of sp³-hybridized carbons (Fsp3) is 0.438. The first-order valence-electron chi connectivity index (χ1n) is 8.01. The number of aromatic nitrogens is 2. The summed E-state index contributed by atoms with van der Waals surface area (Å²) < 4.78 is 6.49. The molecule has 0 aromatic carbocycles. The third kappa shape index (κ3) is 2.94. The molecule has 25 heavy (non-hydrogen) atoms. The van der Waals surface area contributed by atoms with E-state index in [4.69, 9.17) is 21.4 Å². The van der Waals surface area contributed by atoms with E-state index in [0.29, 0.717) is 26.3 Å². The zero-order valence-corrected chi connectivity index (χ0v) is 15.2. The molecule has 9 heteroatoms. The lowest BCUT2D eigenvalue weighted by Gasteiger charge is -2.34. The number of fused-ring (bicyclic) bond motifs is 1. The average molecular weight is 381 g/mol. The van der Waals surface area contributed by atoms with Gasteiger partial charge >= 0.3 is 6.09 Å². The number of thiophene rings is 1. The summed E-state index contributed by atoms with van der Waals surface area (Å²) >= 11 is 7.77. The molecule has 0 spiro atoms. The lowest BCUT2D eigenvalue weighted by molar-refractivity contribution is 0.0987. The van der Waals surface area contributed by atoms with Gasteiger partial charge in [-0.15, -0.1) is 11.3 Å². The number of halogens is 1. The van der Waals surface area contributed by atoms with Gasteiger partial charge in [-0.1, -0.05) is 6.08 Å². The van der Waals surface area contributed by atoms with Crippen LogP contribution in [-0.4, -0.2) is 65.0 Å². The second kappa shape index (κ2) is 6.44. The quantitative estimate of drug-likeness (QED) is 0.807. The highest BCUT2D eigenvalue weighted by Gasteiger charge is 2.27. The normalized spacial score (nSPS) is 21.0. The van der Waals surface area contributed by atoms with Gasteiger partial charge in [0.15, 0.2) is 5.82 Å². The molecule has 0 bridgehead atoms. The number of amides is 1. The van der Waals surface area contributed by atoms with Crippen molar-refractivity contribution in [2.24, 2.45) is 0 Å². The highest BCUT2D eigenvalue weighted by Crippen LogP contribution is 2.38. The molecule has 4 rings (SSSR count). The summed E-state index contributed by atoms with van der Waals surface area (Å²) in [6, 6.07) is 0.210. The highest BCUT2D eigenvalue weighted by atomic mass is 35.5. The van der Waals surface area contributed by atoms with Gasteiger partial charge in [0, 0.05) is 30.6 Å².